The Morgan fingerprint density at radius 2 is 1.85 bits per heavy atom. The molecule has 0 aliphatic carbocycles. The van der Waals surface area contributed by atoms with Gasteiger partial charge in [-0.2, -0.15) is 0 Å². The minimum Gasteiger partial charge on any atom is -0.481 e. The van der Waals surface area contributed by atoms with Gasteiger partial charge in [-0.15, -0.1) is 0 Å². The van der Waals surface area contributed by atoms with Gasteiger partial charge in [-0.05, 0) is 25.1 Å². The van der Waals surface area contributed by atoms with Crippen LogP contribution in [0.25, 0.3) is 0 Å². The molecule has 2 aromatic carbocycles. The summed E-state index contributed by atoms with van der Waals surface area (Å²) in [7, 11) is 0. The molecule has 0 radical (unpaired) electrons. The van der Waals surface area contributed by atoms with Crippen molar-refractivity contribution in [3.63, 3.8) is 0 Å². The Hall–Kier alpha value is -1.65. The average Bonchev–Trinajstić information content (AvgIpc) is 2.40. The number of hydrogen-bond donors (Lipinski definition) is 1. The number of rotatable bonds is 4. The molecule has 2 N–H and O–H groups in total. The van der Waals surface area contributed by atoms with E-state index in [9.17, 15) is 8.78 Å². The summed E-state index contributed by atoms with van der Waals surface area (Å²) >= 11 is 6.10. The smallest absolute Gasteiger partial charge is 0.165 e. The molecule has 2 aromatic rings. The quantitative estimate of drug-likeness (QED) is 0.922. The van der Waals surface area contributed by atoms with E-state index in [4.69, 9.17) is 22.1 Å². The number of ether oxygens (including phenoxy) is 1. The lowest BCUT2D eigenvalue weighted by Crippen LogP contribution is -2.29. The van der Waals surface area contributed by atoms with E-state index in [1.54, 1.807) is 31.2 Å². The first-order valence-electron chi connectivity index (χ1n) is 6.10. The first-order chi connectivity index (χ1) is 9.49. The Labute approximate surface area is 121 Å². The molecule has 2 rings (SSSR count). The van der Waals surface area contributed by atoms with Crippen LogP contribution < -0.4 is 10.5 Å². The summed E-state index contributed by atoms with van der Waals surface area (Å²) in [6.07, 6.45) is -0.667. The second-order valence-corrected chi connectivity index (χ2v) is 4.90. The van der Waals surface area contributed by atoms with Crippen LogP contribution in [0, 0.1) is 11.6 Å². The molecule has 20 heavy (non-hydrogen) atoms. The molecule has 0 bridgehead atoms. The van der Waals surface area contributed by atoms with Crippen molar-refractivity contribution in [1.82, 2.24) is 0 Å². The van der Waals surface area contributed by atoms with Crippen molar-refractivity contribution in [3.8, 4) is 5.75 Å². The summed E-state index contributed by atoms with van der Waals surface area (Å²) in [6, 6.07) is 9.56. The van der Waals surface area contributed by atoms with Crippen molar-refractivity contribution in [2.75, 3.05) is 0 Å². The highest BCUT2D eigenvalue weighted by Gasteiger charge is 2.22. The van der Waals surface area contributed by atoms with Crippen LogP contribution in [0.3, 0.4) is 0 Å². The van der Waals surface area contributed by atoms with Gasteiger partial charge in [0.2, 0.25) is 0 Å². The summed E-state index contributed by atoms with van der Waals surface area (Å²) in [6.45, 7) is 1.71. The van der Waals surface area contributed by atoms with Crippen LogP contribution in [0.15, 0.2) is 42.5 Å². The summed E-state index contributed by atoms with van der Waals surface area (Å²) in [5.41, 5.74) is 6.51. The highest BCUT2D eigenvalue weighted by atomic mass is 35.5. The topological polar surface area (TPSA) is 35.2 Å². The largest absolute Gasteiger partial charge is 0.481 e. The van der Waals surface area contributed by atoms with Crippen molar-refractivity contribution < 1.29 is 13.5 Å². The van der Waals surface area contributed by atoms with Gasteiger partial charge < -0.3 is 10.5 Å². The molecule has 106 valence electrons. The summed E-state index contributed by atoms with van der Waals surface area (Å²) in [5, 5.41) is 0.464. The molecule has 0 saturated carbocycles. The van der Waals surface area contributed by atoms with Gasteiger partial charge in [0.05, 0.1) is 0 Å². The lowest BCUT2D eigenvalue weighted by Gasteiger charge is -2.24. The maximum absolute atomic E-state index is 13.6. The molecule has 0 amide bonds. The third-order valence-corrected chi connectivity index (χ3v) is 3.18. The molecule has 2 atom stereocenters. The van der Waals surface area contributed by atoms with Gasteiger partial charge in [0, 0.05) is 22.7 Å². The summed E-state index contributed by atoms with van der Waals surface area (Å²) in [4.78, 5) is 0. The van der Waals surface area contributed by atoms with Crippen molar-refractivity contribution in [3.05, 3.63) is 64.7 Å². The molecular weight excluding hydrogens is 284 g/mol. The van der Waals surface area contributed by atoms with E-state index in [1.165, 1.54) is 0 Å². The fourth-order valence-corrected chi connectivity index (χ4v) is 2.11. The molecular formula is C15H14ClF2NO. The maximum Gasteiger partial charge on any atom is 0.165 e. The molecule has 0 saturated heterocycles. The van der Waals surface area contributed by atoms with Crippen molar-refractivity contribution in [2.45, 2.75) is 19.1 Å². The van der Waals surface area contributed by atoms with Crippen LogP contribution in [0.1, 0.15) is 18.6 Å². The van der Waals surface area contributed by atoms with Crippen LogP contribution in [-0.4, -0.2) is 6.04 Å². The van der Waals surface area contributed by atoms with Crippen LogP contribution in [-0.2, 0) is 0 Å². The van der Waals surface area contributed by atoms with Crippen molar-refractivity contribution >= 4 is 11.6 Å². The normalized spacial score (nSPS) is 13.8. The second-order valence-electron chi connectivity index (χ2n) is 4.49. The zero-order chi connectivity index (χ0) is 14.7. The van der Waals surface area contributed by atoms with Gasteiger partial charge in [0.1, 0.15) is 11.9 Å². The molecule has 0 aliphatic rings. The van der Waals surface area contributed by atoms with E-state index in [2.05, 4.69) is 0 Å². The van der Waals surface area contributed by atoms with Gasteiger partial charge in [-0.25, -0.2) is 8.78 Å². The SMILES string of the molecule is CC(N)C(Oc1cc(F)ccc1F)c1ccccc1Cl. The van der Waals surface area contributed by atoms with Gasteiger partial charge >= 0.3 is 0 Å². The fraction of sp³-hybridized carbons (Fsp3) is 0.200. The predicted octanol–water partition coefficient (Wildman–Crippen LogP) is 4.09. The molecule has 0 fully saturated rings. The lowest BCUT2D eigenvalue weighted by molar-refractivity contribution is 0.172. The van der Waals surface area contributed by atoms with Crippen molar-refractivity contribution in [2.24, 2.45) is 5.73 Å². The van der Waals surface area contributed by atoms with Crippen LogP contribution in [0.4, 0.5) is 8.78 Å². The molecule has 2 nitrogen and oxygen atoms in total. The van der Waals surface area contributed by atoms with E-state index >= 15 is 0 Å². The van der Waals surface area contributed by atoms with Gasteiger partial charge in [0.25, 0.3) is 0 Å². The molecule has 5 heteroatoms. The van der Waals surface area contributed by atoms with E-state index in [0.29, 0.717) is 10.6 Å². The number of nitrogens with two attached hydrogens (primary N) is 1. The van der Waals surface area contributed by atoms with Gasteiger partial charge in [0.15, 0.2) is 11.6 Å². The van der Waals surface area contributed by atoms with Crippen LogP contribution >= 0.6 is 11.6 Å². The zero-order valence-corrected chi connectivity index (χ0v) is 11.6. The minimum absolute atomic E-state index is 0.188. The van der Waals surface area contributed by atoms with Gasteiger partial charge in [-0.3, -0.25) is 0 Å². The zero-order valence-electron chi connectivity index (χ0n) is 10.8. The Morgan fingerprint density at radius 1 is 1.15 bits per heavy atom. The van der Waals surface area contributed by atoms with Gasteiger partial charge in [-0.1, -0.05) is 29.8 Å². The Balaban J connectivity index is 2.36. The Morgan fingerprint density at radius 3 is 2.50 bits per heavy atom. The van der Waals surface area contributed by atoms with E-state index in [1.807, 2.05) is 0 Å². The average molecular weight is 298 g/mol. The predicted molar refractivity (Wildman–Crippen MR) is 74.8 cm³/mol. The summed E-state index contributed by atoms with van der Waals surface area (Å²) < 4.78 is 32.4. The molecule has 0 heterocycles. The van der Waals surface area contributed by atoms with E-state index < -0.39 is 23.8 Å². The van der Waals surface area contributed by atoms with E-state index in [-0.39, 0.29) is 5.75 Å². The number of halogens is 3. The molecule has 0 aromatic heterocycles. The number of hydrogen-bond acceptors (Lipinski definition) is 2. The Bertz CT molecular complexity index is 604. The van der Waals surface area contributed by atoms with Crippen LogP contribution in [0.2, 0.25) is 5.02 Å². The van der Waals surface area contributed by atoms with E-state index in [0.717, 1.165) is 18.2 Å². The second kappa shape index (κ2) is 6.20. The third kappa shape index (κ3) is 3.26. The molecule has 0 aliphatic heterocycles. The first-order valence-corrected chi connectivity index (χ1v) is 6.48. The Kier molecular flexibility index (Phi) is 4.57. The highest BCUT2D eigenvalue weighted by Crippen LogP contribution is 2.30. The molecule has 0 spiro atoms. The third-order valence-electron chi connectivity index (χ3n) is 2.84. The first kappa shape index (κ1) is 14.8. The maximum atomic E-state index is 13.6. The minimum atomic E-state index is -0.667. The summed E-state index contributed by atoms with van der Waals surface area (Å²) in [5.74, 6) is -1.42. The molecule has 2 unspecified atom stereocenters. The monoisotopic (exact) mass is 297 g/mol. The lowest BCUT2D eigenvalue weighted by atomic mass is 10.0. The standard InChI is InChI=1S/C15H14ClF2NO/c1-9(19)15(11-4-2-3-5-12(11)16)20-14-8-10(17)6-7-13(14)18/h2-9,15H,19H2,1H3. The fourth-order valence-electron chi connectivity index (χ4n) is 1.86. The highest BCUT2D eigenvalue weighted by molar-refractivity contribution is 6.31. The van der Waals surface area contributed by atoms with Crippen LogP contribution in [0.5, 0.6) is 5.75 Å². The number of benzene rings is 2. The van der Waals surface area contributed by atoms with Crippen molar-refractivity contribution in [1.29, 1.82) is 0 Å².